The Labute approximate surface area is 108 Å². The molecule has 0 amide bonds. The summed E-state index contributed by atoms with van der Waals surface area (Å²) in [5.41, 5.74) is 3.87. The molecule has 17 heavy (non-hydrogen) atoms. The van der Waals surface area contributed by atoms with Crippen LogP contribution in [0.4, 0.5) is 0 Å². The van der Waals surface area contributed by atoms with E-state index >= 15 is 0 Å². The Kier molecular flexibility index (Phi) is 5.95. The van der Waals surface area contributed by atoms with Crippen LogP contribution >= 0.6 is 11.6 Å². The number of aryl methyl sites for hydroxylation is 1. The molecule has 0 aliphatic rings. The second-order valence-electron chi connectivity index (χ2n) is 4.57. The van der Waals surface area contributed by atoms with E-state index in [0.29, 0.717) is 10.9 Å². The molecule has 0 aliphatic heterocycles. The number of nitrogens with one attached hydrogen (secondary N) is 1. The van der Waals surface area contributed by atoms with Crippen LogP contribution in [0.25, 0.3) is 0 Å². The normalized spacial score (nSPS) is 14.9. The van der Waals surface area contributed by atoms with Gasteiger partial charge in [0.2, 0.25) is 0 Å². The molecule has 1 heterocycles. The lowest BCUT2D eigenvalue weighted by Gasteiger charge is -2.21. The molecular weight excluding hydrogens is 236 g/mol. The summed E-state index contributed by atoms with van der Waals surface area (Å²) in [5.74, 6) is 6.26. The molecule has 0 bridgehead atoms. The number of rotatable bonds is 7. The van der Waals surface area contributed by atoms with Gasteiger partial charge in [-0.05, 0) is 18.8 Å². The van der Waals surface area contributed by atoms with E-state index in [1.165, 1.54) is 0 Å². The molecule has 0 radical (unpaired) electrons. The van der Waals surface area contributed by atoms with Gasteiger partial charge in [-0.15, -0.1) is 0 Å². The fraction of sp³-hybridized carbons (Fsp3) is 0.750. The predicted octanol–water partition coefficient (Wildman–Crippen LogP) is 2.89. The molecule has 0 spiro atoms. The largest absolute Gasteiger partial charge is 0.271 e. The van der Waals surface area contributed by atoms with Crippen LogP contribution in [-0.4, -0.2) is 9.78 Å². The molecule has 5 heteroatoms. The predicted molar refractivity (Wildman–Crippen MR) is 71.7 cm³/mol. The van der Waals surface area contributed by atoms with Crippen molar-refractivity contribution in [1.29, 1.82) is 0 Å². The highest BCUT2D eigenvalue weighted by Crippen LogP contribution is 2.28. The smallest absolute Gasteiger partial charge is 0.0834 e. The number of aromatic nitrogens is 2. The van der Waals surface area contributed by atoms with E-state index in [1.54, 1.807) is 6.20 Å². The van der Waals surface area contributed by atoms with Gasteiger partial charge < -0.3 is 0 Å². The molecule has 4 nitrogen and oxygen atoms in total. The van der Waals surface area contributed by atoms with Gasteiger partial charge in [0.25, 0.3) is 0 Å². The Balaban J connectivity index is 2.89. The van der Waals surface area contributed by atoms with Gasteiger partial charge in [0.1, 0.15) is 0 Å². The van der Waals surface area contributed by atoms with Crippen molar-refractivity contribution >= 4 is 11.6 Å². The molecule has 0 fully saturated rings. The van der Waals surface area contributed by atoms with Crippen molar-refractivity contribution in [2.75, 3.05) is 0 Å². The summed E-state index contributed by atoms with van der Waals surface area (Å²) < 4.78 is 1.95. The minimum absolute atomic E-state index is 0.0755. The molecule has 3 N–H and O–H groups in total. The van der Waals surface area contributed by atoms with E-state index in [9.17, 15) is 0 Å². The summed E-state index contributed by atoms with van der Waals surface area (Å²) in [6, 6.07) is 0.0755. The lowest BCUT2D eigenvalue weighted by Crippen LogP contribution is -2.31. The third kappa shape index (κ3) is 3.69. The lowest BCUT2D eigenvalue weighted by molar-refractivity contribution is 0.384. The summed E-state index contributed by atoms with van der Waals surface area (Å²) in [4.78, 5) is 0. The van der Waals surface area contributed by atoms with Gasteiger partial charge in [0.05, 0.1) is 23.0 Å². The van der Waals surface area contributed by atoms with Gasteiger partial charge in [0, 0.05) is 6.54 Å². The van der Waals surface area contributed by atoms with Crippen LogP contribution < -0.4 is 11.3 Å². The Morgan fingerprint density at radius 2 is 2.24 bits per heavy atom. The average Bonchev–Trinajstić information content (AvgIpc) is 2.68. The minimum atomic E-state index is 0.0755. The third-order valence-electron chi connectivity index (χ3n) is 3.13. The van der Waals surface area contributed by atoms with E-state index in [-0.39, 0.29) is 6.04 Å². The SMILES string of the molecule is CCCn1ncc(Cl)c1C(CC(C)CC)NN. The molecule has 0 saturated carbocycles. The molecule has 0 aromatic carbocycles. The number of nitrogens with two attached hydrogens (primary N) is 1. The molecule has 98 valence electrons. The average molecular weight is 259 g/mol. The van der Waals surface area contributed by atoms with Crippen LogP contribution in [0, 0.1) is 5.92 Å². The van der Waals surface area contributed by atoms with Crippen molar-refractivity contribution in [3.8, 4) is 0 Å². The highest BCUT2D eigenvalue weighted by molar-refractivity contribution is 6.31. The molecule has 1 aromatic heterocycles. The zero-order chi connectivity index (χ0) is 12.8. The van der Waals surface area contributed by atoms with Crippen LogP contribution in [-0.2, 0) is 6.54 Å². The van der Waals surface area contributed by atoms with Gasteiger partial charge in [-0.25, -0.2) is 0 Å². The summed E-state index contributed by atoms with van der Waals surface area (Å²) >= 11 is 6.20. The number of hydrogen-bond acceptors (Lipinski definition) is 3. The first-order valence-corrected chi connectivity index (χ1v) is 6.69. The maximum atomic E-state index is 6.20. The van der Waals surface area contributed by atoms with E-state index in [2.05, 4.69) is 31.3 Å². The molecule has 1 aromatic rings. The first-order valence-electron chi connectivity index (χ1n) is 6.31. The summed E-state index contributed by atoms with van der Waals surface area (Å²) in [6.07, 6.45) is 4.85. The summed E-state index contributed by atoms with van der Waals surface area (Å²) in [6.45, 7) is 7.40. The van der Waals surface area contributed by atoms with Gasteiger partial charge in [0.15, 0.2) is 0 Å². The molecule has 2 unspecified atom stereocenters. The topological polar surface area (TPSA) is 55.9 Å². The second kappa shape index (κ2) is 6.99. The number of hydrazine groups is 1. The van der Waals surface area contributed by atoms with E-state index in [4.69, 9.17) is 17.4 Å². The fourth-order valence-corrected chi connectivity index (χ4v) is 2.21. The third-order valence-corrected chi connectivity index (χ3v) is 3.43. The molecular formula is C12H23ClN4. The maximum absolute atomic E-state index is 6.20. The van der Waals surface area contributed by atoms with E-state index < -0.39 is 0 Å². The van der Waals surface area contributed by atoms with Crippen molar-refractivity contribution in [2.24, 2.45) is 11.8 Å². The molecule has 2 atom stereocenters. The van der Waals surface area contributed by atoms with Crippen LogP contribution in [0.5, 0.6) is 0 Å². The first kappa shape index (κ1) is 14.5. The van der Waals surface area contributed by atoms with Gasteiger partial charge in [-0.2, -0.15) is 5.10 Å². The van der Waals surface area contributed by atoms with Crippen molar-refractivity contribution in [3.05, 3.63) is 16.9 Å². The fourth-order valence-electron chi connectivity index (χ4n) is 1.94. The monoisotopic (exact) mass is 258 g/mol. The molecule has 1 rings (SSSR count). The summed E-state index contributed by atoms with van der Waals surface area (Å²) in [7, 11) is 0. The van der Waals surface area contributed by atoms with Crippen LogP contribution in [0.1, 0.15) is 51.8 Å². The van der Waals surface area contributed by atoms with Gasteiger partial charge in [-0.1, -0.05) is 38.8 Å². The van der Waals surface area contributed by atoms with Crippen molar-refractivity contribution in [2.45, 2.75) is 52.6 Å². The zero-order valence-electron chi connectivity index (χ0n) is 10.9. The standard InChI is InChI=1S/C12H23ClN4/c1-4-6-17-12(10(13)8-15-17)11(16-14)7-9(3)5-2/h8-9,11,16H,4-7,14H2,1-3H3. The Bertz CT molecular complexity index is 337. The van der Waals surface area contributed by atoms with Crippen molar-refractivity contribution < 1.29 is 0 Å². The highest BCUT2D eigenvalue weighted by Gasteiger charge is 2.20. The van der Waals surface area contributed by atoms with Crippen LogP contribution in [0.2, 0.25) is 5.02 Å². The minimum Gasteiger partial charge on any atom is -0.271 e. The van der Waals surface area contributed by atoms with Crippen LogP contribution in [0.15, 0.2) is 6.20 Å². The number of nitrogens with zero attached hydrogens (tertiary/aromatic N) is 2. The Hall–Kier alpha value is -0.580. The summed E-state index contributed by atoms with van der Waals surface area (Å²) in [5, 5.41) is 5.00. The Morgan fingerprint density at radius 1 is 1.53 bits per heavy atom. The van der Waals surface area contributed by atoms with Crippen LogP contribution in [0.3, 0.4) is 0 Å². The molecule has 0 saturated heterocycles. The highest BCUT2D eigenvalue weighted by atomic mass is 35.5. The van der Waals surface area contributed by atoms with E-state index in [0.717, 1.165) is 31.5 Å². The maximum Gasteiger partial charge on any atom is 0.0834 e. The van der Waals surface area contributed by atoms with Crippen molar-refractivity contribution in [1.82, 2.24) is 15.2 Å². The van der Waals surface area contributed by atoms with Crippen molar-refractivity contribution in [3.63, 3.8) is 0 Å². The quantitative estimate of drug-likeness (QED) is 0.584. The first-order chi connectivity index (χ1) is 8.13. The second-order valence-corrected chi connectivity index (χ2v) is 4.98. The van der Waals surface area contributed by atoms with E-state index in [1.807, 2.05) is 4.68 Å². The Morgan fingerprint density at radius 3 is 2.76 bits per heavy atom. The number of halogens is 1. The number of hydrogen-bond donors (Lipinski definition) is 2. The van der Waals surface area contributed by atoms with Gasteiger partial charge in [-0.3, -0.25) is 16.0 Å². The van der Waals surface area contributed by atoms with Gasteiger partial charge >= 0.3 is 0 Å². The zero-order valence-corrected chi connectivity index (χ0v) is 11.7. The lowest BCUT2D eigenvalue weighted by atomic mass is 9.97. The molecule has 0 aliphatic carbocycles.